The first kappa shape index (κ1) is 22.5. The first-order valence-electron chi connectivity index (χ1n) is 9.12. The van der Waals surface area contributed by atoms with Crippen LogP contribution in [-0.2, 0) is 12.8 Å². The second kappa shape index (κ2) is 8.73. The maximum atomic E-state index is 14.5. The number of halogens is 4. The van der Waals surface area contributed by atoms with Crippen molar-refractivity contribution in [1.29, 1.82) is 0 Å². The predicted octanol–water partition coefficient (Wildman–Crippen LogP) is 4.10. The molecule has 1 unspecified atom stereocenters. The van der Waals surface area contributed by atoms with Gasteiger partial charge < -0.3 is 10.1 Å². The van der Waals surface area contributed by atoms with E-state index in [1.165, 1.54) is 4.68 Å². The summed E-state index contributed by atoms with van der Waals surface area (Å²) in [6.07, 6.45) is -4.38. The van der Waals surface area contributed by atoms with Crippen LogP contribution in [0.25, 0.3) is 11.0 Å². The summed E-state index contributed by atoms with van der Waals surface area (Å²) < 4.78 is 54.1. The van der Waals surface area contributed by atoms with Gasteiger partial charge in [-0.2, -0.15) is 18.3 Å². The molecule has 0 radical (unpaired) electrons. The number of H-pyrrole nitrogens is 1. The number of hydrogen-bond donors (Lipinski definition) is 2. The number of aryl methyl sites for hydroxylation is 1. The average Bonchev–Trinajstić information content (AvgIpc) is 3.03. The van der Waals surface area contributed by atoms with E-state index in [-0.39, 0.29) is 28.7 Å². The highest BCUT2D eigenvalue weighted by Crippen LogP contribution is 2.33. The Morgan fingerprint density at radius 3 is 2.45 bits per heavy atom. The molecule has 0 aliphatic heterocycles. The monoisotopic (exact) mass is 414 g/mol. The molecule has 6 nitrogen and oxygen atoms in total. The molecule has 29 heavy (non-hydrogen) atoms. The molecule has 2 N–H and O–H groups in total. The first-order chi connectivity index (χ1) is 13.7. The van der Waals surface area contributed by atoms with Crippen molar-refractivity contribution in [2.45, 2.75) is 52.9 Å². The van der Waals surface area contributed by atoms with E-state index in [0.29, 0.717) is 11.9 Å². The SMILES string of the molecule is CC.CCC(c1ccc(C(F)(F)F)cc1F)n1nc(CO)c2c(=O)[nH]c(C)nc21. The second-order valence-electron chi connectivity index (χ2n) is 6.06. The molecular formula is C19H22F4N4O2. The van der Waals surface area contributed by atoms with Crippen LogP contribution in [0.3, 0.4) is 0 Å². The Morgan fingerprint density at radius 2 is 1.93 bits per heavy atom. The summed E-state index contributed by atoms with van der Waals surface area (Å²) in [6.45, 7) is 6.72. The lowest BCUT2D eigenvalue weighted by molar-refractivity contribution is -0.137. The minimum atomic E-state index is -4.66. The van der Waals surface area contributed by atoms with E-state index in [0.717, 1.165) is 12.1 Å². The number of alkyl halides is 3. The molecule has 3 aromatic rings. The molecule has 0 saturated carbocycles. The highest BCUT2D eigenvalue weighted by Gasteiger charge is 2.32. The Kier molecular flexibility index (Phi) is 6.78. The van der Waals surface area contributed by atoms with Gasteiger partial charge in [-0.05, 0) is 25.5 Å². The summed E-state index contributed by atoms with van der Waals surface area (Å²) in [4.78, 5) is 18.9. The van der Waals surface area contributed by atoms with Gasteiger partial charge >= 0.3 is 6.18 Å². The Balaban J connectivity index is 0.00000145. The molecule has 0 aliphatic carbocycles. The van der Waals surface area contributed by atoms with Crippen LogP contribution in [0, 0.1) is 12.7 Å². The van der Waals surface area contributed by atoms with E-state index in [4.69, 9.17) is 0 Å². The highest BCUT2D eigenvalue weighted by atomic mass is 19.4. The molecule has 0 fully saturated rings. The molecule has 0 spiro atoms. The van der Waals surface area contributed by atoms with Crippen LogP contribution in [0.5, 0.6) is 0 Å². The van der Waals surface area contributed by atoms with Gasteiger partial charge in [0, 0.05) is 5.56 Å². The lowest BCUT2D eigenvalue weighted by Crippen LogP contribution is -2.16. The van der Waals surface area contributed by atoms with Crippen LogP contribution >= 0.6 is 0 Å². The first-order valence-corrected chi connectivity index (χ1v) is 9.12. The Labute approximate surface area is 164 Å². The van der Waals surface area contributed by atoms with Crippen molar-refractivity contribution in [3.8, 4) is 0 Å². The maximum absolute atomic E-state index is 14.5. The van der Waals surface area contributed by atoms with E-state index in [2.05, 4.69) is 15.1 Å². The molecule has 1 atom stereocenters. The zero-order valence-electron chi connectivity index (χ0n) is 16.4. The summed E-state index contributed by atoms with van der Waals surface area (Å²) in [6, 6.07) is 1.48. The number of nitrogens with zero attached hydrogens (tertiary/aromatic N) is 3. The van der Waals surface area contributed by atoms with Crippen LogP contribution < -0.4 is 5.56 Å². The van der Waals surface area contributed by atoms with Gasteiger partial charge in [0.15, 0.2) is 5.65 Å². The van der Waals surface area contributed by atoms with E-state index >= 15 is 0 Å². The van der Waals surface area contributed by atoms with Gasteiger partial charge in [-0.3, -0.25) is 4.79 Å². The summed E-state index contributed by atoms with van der Waals surface area (Å²) in [5, 5.41) is 13.7. The van der Waals surface area contributed by atoms with E-state index in [1.54, 1.807) is 13.8 Å². The third kappa shape index (κ3) is 4.31. The zero-order chi connectivity index (χ0) is 21.9. The standard InChI is InChI=1S/C17H16F4N4O2.C2H6/c1-3-13(10-5-4-9(6-11(10)18)17(19,20)21)25-15-14(12(7-26)24-25)16(27)23-8(2)22-15;1-2/h4-6,13,26H,3,7H2,1-2H3,(H,22,23,27);1-2H3. The lowest BCUT2D eigenvalue weighted by atomic mass is 10.0. The summed E-state index contributed by atoms with van der Waals surface area (Å²) >= 11 is 0. The zero-order valence-corrected chi connectivity index (χ0v) is 16.4. The van der Waals surface area contributed by atoms with Gasteiger partial charge in [-0.15, -0.1) is 0 Å². The van der Waals surface area contributed by atoms with Crippen molar-refractivity contribution in [3.05, 3.63) is 57.0 Å². The van der Waals surface area contributed by atoms with Gasteiger partial charge in [-0.25, -0.2) is 14.1 Å². The molecule has 158 valence electrons. The largest absolute Gasteiger partial charge is 0.416 e. The molecule has 1 aromatic carbocycles. The molecule has 3 rings (SSSR count). The minimum absolute atomic E-state index is 0.0147. The maximum Gasteiger partial charge on any atom is 0.416 e. The van der Waals surface area contributed by atoms with Crippen LogP contribution in [0.4, 0.5) is 17.6 Å². The molecule has 2 aromatic heterocycles. The Hall–Kier alpha value is -2.75. The molecule has 0 aliphatic rings. The fraction of sp³-hybridized carbons (Fsp3) is 0.421. The number of hydrogen-bond acceptors (Lipinski definition) is 4. The summed E-state index contributed by atoms with van der Waals surface area (Å²) in [5.74, 6) is -0.742. The Morgan fingerprint density at radius 1 is 1.28 bits per heavy atom. The normalized spacial score (nSPS) is 12.6. The minimum Gasteiger partial charge on any atom is -0.390 e. The number of aromatic nitrogens is 4. The van der Waals surface area contributed by atoms with E-state index in [1.807, 2.05) is 13.8 Å². The van der Waals surface area contributed by atoms with Crippen molar-refractivity contribution in [2.24, 2.45) is 0 Å². The third-order valence-electron chi connectivity index (χ3n) is 4.27. The summed E-state index contributed by atoms with van der Waals surface area (Å²) in [7, 11) is 0. The van der Waals surface area contributed by atoms with Gasteiger partial charge in [0.2, 0.25) is 0 Å². The smallest absolute Gasteiger partial charge is 0.390 e. The van der Waals surface area contributed by atoms with Gasteiger partial charge in [0.1, 0.15) is 22.7 Å². The predicted molar refractivity (Wildman–Crippen MR) is 100.0 cm³/mol. The fourth-order valence-corrected chi connectivity index (χ4v) is 3.05. The molecule has 10 heteroatoms. The molecule has 0 amide bonds. The van der Waals surface area contributed by atoms with Crippen molar-refractivity contribution in [1.82, 2.24) is 19.7 Å². The highest BCUT2D eigenvalue weighted by molar-refractivity contribution is 5.77. The number of nitrogens with one attached hydrogen (secondary N) is 1. The van der Waals surface area contributed by atoms with Crippen molar-refractivity contribution >= 4 is 11.0 Å². The summed E-state index contributed by atoms with van der Waals surface area (Å²) in [5.41, 5.74) is -1.42. The number of rotatable bonds is 4. The van der Waals surface area contributed by atoms with Crippen molar-refractivity contribution < 1.29 is 22.7 Å². The topological polar surface area (TPSA) is 83.8 Å². The van der Waals surface area contributed by atoms with Crippen LogP contribution in [0.1, 0.15) is 55.9 Å². The van der Waals surface area contributed by atoms with Crippen LogP contribution in [-0.4, -0.2) is 24.9 Å². The molecular weight excluding hydrogens is 392 g/mol. The Bertz CT molecular complexity index is 1060. The van der Waals surface area contributed by atoms with Crippen LogP contribution in [0.2, 0.25) is 0 Å². The number of fused-ring (bicyclic) bond motifs is 1. The van der Waals surface area contributed by atoms with Crippen LogP contribution in [0.15, 0.2) is 23.0 Å². The average molecular weight is 414 g/mol. The fourth-order valence-electron chi connectivity index (χ4n) is 3.05. The number of benzene rings is 1. The second-order valence-corrected chi connectivity index (χ2v) is 6.06. The van der Waals surface area contributed by atoms with Crippen molar-refractivity contribution in [3.63, 3.8) is 0 Å². The van der Waals surface area contributed by atoms with Gasteiger partial charge in [0.05, 0.1) is 18.2 Å². The molecule has 2 heterocycles. The van der Waals surface area contributed by atoms with E-state index in [9.17, 15) is 27.5 Å². The van der Waals surface area contributed by atoms with Gasteiger partial charge in [-0.1, -0.05) is 26.8 Å². The third-order valence-corrected chi connectivity index (χ3v) is 4.27. The number of aromatic amines is 1. The number of aliphatic hydroxyl groups is 1. The quantitative estimate of drug-likeness (QED) is 0.630. The molecule has 0 bridgehead atoms. The van der Waals surface area contributed by atoms with E-state index < -0.39 is 35.8 Å². The number of aliphatic hydroxyl groups excluding tert-OH is 1. The van der Waals surface area contributed by atoms with Gasteiger partial charge in [0.25, 0.3) is 5.56 Å². The van der Waals surface area contributed by atoms with Crippen molar-refractivity contribution in [2.75, 3.05) is 0 Å². The lowest BCUT2D eigenvalue weighted by Gasteiger charge is -2.18. The molecule has 0 saturated heterocycles.